The Morgan fingerprint density at radius 3 is 2.57 bits per heavy atom. The summed E-state index contributed by atoms with van der Waals surface area (Å²) < 4.78 is 18.6. The van der Waals surface area contributed by atoms with E-state index in [9.17, 15) is 28.5 Å². The molecule has 2 N–H and O–H groups in total. The molecule has 3 amide bonds. The molecule has 4 aromatic rings. The van der Waals surface area contributed by atoms with Crippen LogP contribution in [0.3, 0.4) is 0 Å². The number of fused-ring (bicyclic) bond motifs is 1. The smallest absolute Gasteiger partial charge is 0.263 e. The van der Waals surface area contributed by atoms with Crippen molar-refractivity contribution in [2.75, 3.05) is 44.7 Å². The molecule has 0 saturated heterocycles. The number of unbranched alkanes of at least 4 members (excludes halogenated alkanes) is 1. The fraction of sp³-hybridized carbons (Fsp3) is 0.326. The Bertz CT molecular complexity index is 2440. The predicted octanol–water partition coefficient (Wildman–Crippen LogP) is 6.69. The van der Waals surface area contributed by atoms with Gasteiger partial charge in [-0.2, -0.15) is 4.98 Å². The number of halogens is 1. The molecule has 15 heteroatoms. The molecule has 1 aliphatic carbocycles. The second-order valence-electron chi connectivity index (χ2n) is 14.7. The van der Waals surface area contributed by atoms with Gasteiger partial charge in [-0.1, -0.05) is 41.6 Å². The second-order valence-corrected chi connectivity index (χ2v) is 18.2. The van der Waals surface area contributed by atoms with Crippen molar-refractivity contribution in [1.29, 1.82) is 0 Å². The summed E-state index contributed by atoms with van der Waals surface area (Å²) in [5.74, 6) is 5.44. The van der Waals surface area contributed by atoms with Crippen molar-refractivity contribution in [2.24, 2.45) is 0 Å². The monoisotopic (exact) mass is 822 g/mol. The summed E-state index contributed by atoms with van der Waals surface area (Å²) in [4.78, 5) is 75.3. The standard InChI is InChI=1S/C43H44ClN6O7P/c1-26-22-33(47-43-45-25-31(44)40(48-43)46-32-15-9-10-16-37(32)58(4,5)56)36(57-3)23-28(26)20-21-49(2)38(53)17-8-6-7-12-27-13-11-14-30-39(27)42(55)50(41(30)54)34-19-18-29(51)24-35(34)52/h9-11,13-16,22-23,25,34H,6,8,17-21,24H2,1-5H3,(H2,45,46,47,48). The maximum atomic E-state index is 13.3. The highest BCUT2D eigenvalue weighted by Gasteiger charge is 2.45. The van der Waals surface area contributed by atoms with E-state index in [2.05, 4.69) is 32.4 Å². The largest absolute Gasteiger partial charge is 0.495 e. The van der Waals surface area contributed by atoms with Gasteiger partial charge in [0.15, 0.2) is 11.6 Å². The molecular weight excluding hydrogens is 779 g/mol. The van der Waals surface area contributed by atoms with Crippen LogP contribution < -0.4 is 20.7 Å². The van der Waals surface area contributed by atoms with Crippen LogP contribution in [-0.2, 0) is 25.4 Å². The Kier molecular flexibility index (Phi) is 12.8. The maximum Gasteiger partial charge on any atom is 0.263 e. The zero-order valence-electron chi connectivity index (χ0n) is 33.0. The topological polar surface area (TPSA) is 168 Å². The number of carbonyl (C=O) groups is 5. The molecule has 3 aromatic carbocycles. The molecule has 13 nitrogen and oxygen atoms in total. The number of ketones is 2. The highest BCUT2D eigenvalue weighted by Crippen LogP contribution is 2.39. The number of aromatic nitrogens is 2. The molecular formula is C43H44ClN6O7P. The van der Waals surface area contributed by atoms with Crippen molar-refractivity contribution in [3.8, 4) is 17.6 Å². The maximum absolute atomic E-state index is 13.3. The molecule has 0 radical (unpaired) electrons. The van der Waals surface area contributed by atoms with Crippen LogP contribution >= 0.6 is 18.7 Å². The van der Waals surface area contributed by atoms with E-state index in [0.29, 0.717) is 64.6 Å². The number of nitrogens with zero attached hydrogens (tertiary/aromatic N) is 4. The van der Waals surface area contributed by atoms with Crippen LogP contribution in [0, 0.1) is 18.8 Å². The zero-order chi connectivity index (χ0) is 41.7. The first kappa shape index (κ1) is 41.8. The number of imide groups is 1. The van der Waals surface area contributed by atoms with E-state index in [1.807, 2.05) is 43.3 Å². The number of Topliss-reactive ketones (excluding diaryl/α,β-unsaturated/α-hetero) is 2. The first-order valence-electron chi connectivity index (χ1n) is 18.8. The van der Waals surface area contributed by atoms with Crippen LogP contribution in [-0.4, -0.2) is 89.1 Å². The van der Waals surface area contributed by atoms with Crippen LogP contribution in [0.5, 0.6) is 5.75 Å². The zero-order valence-corrected chi connectivity index (χ0v) is 34.6. The minimum absolute atomic E-state index is 0.0371. The van der Waals surface area contributed by atoms with E-state index in [4.69, 9.17) is 16.3 Å². The summed E-state index contributed by atoms with van der Waals surface area (Å²) in [5, 5.41) is 7.40. The summed E-state index contributed by atoms with van der Waals surface area (Å²) in [7, 11) is 0.744. The first-order valence-corrected chi connectivity index (χ1v) is 21.8. The number of rotatable bonds is 13. The summed E-state index contributed by atoms with van der Waals surface area (Å²) in [6.45, 7) is 5.85. The quantitative estimate of drug-likeness (QED) is 0.0485. The van der Waals surface area contributed by atoms with E-state index < -0.39 is 30.8 Å². The van der Waals surface area contributed by atoms with Crippen molar-refractivity contribution in [3.05, 3.63) is 93.6 Å². The third-order valence-corrected chi connectivity index (χ3v) is 12.0. The lowest BCUT2D eigenvalue weighted by Gasteiger charge is -2.27. The fourth-order valence-electron chi connectivity index (χ4n) is 6.99. The van der Waals surface area contributed by atoms with E-state index in [-0.39, 0.29) is 54.4 Å². The number of ether oxygens (including phenoxy) is 1. The number of carbonyl (C=O) groups excluding carboxylic acids is 5. The molecule has 2 aliphatic rings. The van der Waals surface area contributed by atoms with Gasteiger partial charge in [-0.3, -0.25) is 28.9 Å². The number of nitrogens with one attached hydrogen (secondary N) is 2. The van der Waals surface area contributed by atoms with Crippen molar-refractivity contribution in [2.45, 2.75) is 57.9 Å². The molecule has 0 spiro atoms. The van der Waals surface area contributed by atoms with Crippen LogP contribution in [0.4, 0.5) is 23.1 Å². The molecule has 2 heterocycles. The Labute approximate surface area is 342 Å². The normalized spacial score (nSPS) is 15.1. The summed E-state index contributed by atoms with van der Waals surface area (Å²) in [6.07, 6.45) is 3.23. The fourth-order valence-corrected chi connectivity index (χ4v) is 8.28. The molecule has 0 bridgehead atoms. The third kappa shape index (κ3) is 9.31. The molecule has 1 fully saturated rings. The van der Waals surface area contributed by atoms with Gasteiger partial charge in [-0.05, 0) is 87.0 Å². The van der Waals surface area contributed by atoms with Crippen LogP contribution in [0.25, 0.3) is 0 Å². The summed E-state index contributed by atoms with van der Waals surface area (Å²) >= 11 is 6.45. The van der Waals surface area contributed by atoms with Gasteiger partial charge < -0.3 is 24.8 Å². The van der Waals surface area contributed by atoms with Crippen LogP contribution in [0.1, 0.15) is 75.9 Å². The average molecular weight is 823 g/mol. The Balaban J connectivity index is 1.03. The van der Waals surface area contributed by atoms with E-state index in [1.165, 1.54) is 6.20 Å². The third-order valence-electron chi connectivity index (χ3n) is 10.1. The Hall–Kier alpha value is -5.83. The van der Waals surface area contributed by atoms with Crippen LogP contribution in [0.2, 0.25) is 5.02 Å². The van der Waals surface area contributed by atoms with Gasteiger partial charge in [-0.15, -0.1) is 0 Å². The molecule has 6 rings (SSSR count). The van der Waals surface area contributed by atoms with E-state index >= 15 is 0 Å². The summed E-state index contributed by atoms with van der Waals surface area (Å²) in [5.41, 5.74) is 4.00. The van der Waals surface area contributed by atoms with Crippen molar-refractivity contribution >= 4 is 76.5 Å². The number of anilines is 4. The number of methoxy groups -OCH3 is 1. The van der Waals surface area contributed by atoms with Gasteiger partial charge in [-0.25, -0.2) is 4.98 Å². The number of hydrogen-bond acceptors (Lipinski definition) is 11. The van der Waals surface area contributed by atoms with Gasteiger partial charge in [0.05, 0.1) is 48.3 Å². The van der Waals surface area contributed by atoms with E-state index in [0.717, 1.165) is 16.0 Å². The molecule has 1 aliphatic heterocycles. The van der Waals surface area contributed by atoms with Gasteiger partial charge in [0.2, 0.25) is 11.9 Å². The molecule has 1 saturated carbocycles. The second kappa shape index (κ2) is 17.8. The number of aryl methyl sites for hydroxylation is 1. The minimum Gasteiger partial charge on any atom is -0.495 e. The highest BCUT2D eigenvalue weighted by molar-refractivity contribution is 7.70. The molecule has 1 unspecified atom stereocenters. The van der Waals surface area contributed by atoms with Crippen molar-refractivity contribution in [3.63, 3.8) is 0 Å². The predicted molar refractivity (Wildman–Crippen MR) is 224 cm³/mol. The van der Waals surface area contributed by atoms with Gasteiger partial charge in [0.1, 0.15) is 23.7 Å². The molecule has 300 valence electrons. The lowest BCUT2D eigenvalue weighted by Crippen LogP contribution is -2.47. The number of benzene rings is 3. The van der Waals surface area contributed by atoms with Crippen molar-refractivity contribution < 1.29 is 33.3 Å². The molecule has 1 aromatic heterocycles. The SMILES string of the molecule is COc1cc(CCN(C)C(=O)CCCC#Cc2cccc3c2C(=O)N(C2CCC(=O)CC2=O)C3=O)c(C)cc1Nc1ncc(Cl)c(Nc2ccccc2P(C)(C)=O)n1. The van der Waals surface area contributed by atoms with Gasteiger partial charge in [0, 0.05) is 43.7 Å². The van der Waals surface area contributed by atoms with E-state index in [1.54, 1.807) is 50.6 Å². The van der Waals surface area contributed by atoms with Crippen LogP contribution in [0.15, 0.2) is 60.8 Å². The Morgan fingerprint density at radius 2 is 1.83 bits per heavy atom. The Morgan fingerprint density at radius 1 is 1.05 bits per heavy atom. The number of hydrogen-bond donors (Lipinski definition) is 2. The number of likely N-dealkylation sites (N-methyl/N-ethyl adjacent to an activating group) is 1. The lowest BCUT2D eigenvalue weighted by molar-refractivity contribution is -0.133. The van der Waals surface area contributed by atoms with Gasteiger partial charge in [0.25, 0.3) is 11.8 Å². The molecule has 1 atom stereocenters. The summed E-state index contributed by atoms with van der Waals surface area (Å²) in [6, 6.07) is 15.1. The van der Waals surface area contributed by atoms with Gasteiger partial charge >= 0.3 is 0 Å². The molecule has 58 heavy (non-hydrogen) atoms. The lowest BCUT2D eigenvalue weighted by atomic mass is 9.92. The first-order chi connectivity index (χ1) is 27.7. The average Bonchev–Trinajstić information content (AvgIpc) is 3.44. The minimum atomic E-state index is -2.58. The van der Waals surface area contributed by atoms with Crippen molar-refractivity contribution in [1.82, 2.24) is 19.8 Å². The highest BCUT2D eigenvalue weighted by atomic mass is 35.5. The number of para-hydroxylation sites is 1. The number of amides is 3.